The van der Waals surface area contributed by atoms with Crippen LogP contribution in [0, 0.1) is 12.3 Å². The molecule has 6 nitrogen and oxygen atoms in total. The third-order valence-corrected chi connectivity index (χ3v) is 7.81. The summed E-state index contributed by atoms with van der Waals surface area (Å²) in [6, 6.07) is 9.98. The average molecular weight is 502 g/mol. The molecule has 2 aliphatic heterocycles. The zero-order valence-corrected chi connectivity index (χ0v) is 22.3. The zero-order valence-electron chi connectivity index (χ0n) is 21.5. The van der Waals surface area contributed by atoms with Gasteiger partial charge in [0.15, 0.2) is 0 Å². The van der Waals surface area contributed by atoms with Crippen molar-refractivity contribution in [3.63, 3.8) is 0 Å². The number of carbonyl (C=O) groups excluding carboxylic acids is 1. The molecule has 1 aromatic heterocycles. The zero-order chi connectivity index (χ0) is 24.8. The highest BCUT2D eigenvalue weighted by atomic mass is 35.5. The number of amides is 1. The van der Waals surface area contributed by atoms with E-state index < -0.39 is 0 Å². The van der Waals surface area contributed by atoms with Crippen molar-refractivity contribution in [2.75, 3.05) is 52.9 Å². The number of rotatable bonds is 9. The van der Waals surface area contributed by atoms with Crippen molar-refractivity contribution in [1.82, 2.24) is 14.7 Å². The molecule has 0 aliphatic carbocycles. The number of aryl methyl sites for hydroxylation is 2. The predicted molar refractivity (Wildman–Crippen MR) is 140 cm³/mol. The summed E-state index contributed by atoms with van der Waals surface area (Å²) in [5, 5.41) is 0.738. The highest BCUT2D eigenvalue weighted by Gasteiger charge is 2.40. The third-order valence-electron chi connectivity index (χ3n) is 7.39. The first-order chi connectivity index (χ1) is 16.9. The van der Waals surface area contributed by atoms with Crippen molar-refractivity contribution >= 4 is 17.5 Å². The molecule has 0 saturated carbocycles. The van der Waals surface area contributed by atoms with Crippen LogP contribution in [0.4, 0.5) is 0 Å². The monoisotopic (exact) mass is 501 g/mol. The minimum absolute atomic E-state index is 0.231. The Hall–Kier alpha value is -2.02. The van der Waals surface area contributed by atoms with E-state index in [0.717, 1.165) is 99.4 Å². The molecule has 0 unspecified atom stereocenters. The molecule has 2 aromatic rings. The maximum absolute atomic E-state index is 13.4. The van der Waals surface area contributed by atoms with Crippen LogP contribution >= 0.6 is 11.6 Å². The SMILES string of the molecule is CCCc1ccc(CN2CCC[C@@](COc3ccc(Cl)c(C)c3)(CC(=O)N3CCN(C)CC3)C2)o1. The van der Waals surface area contributed by atoms with Gasteiger partial charge < -0.3 is 19.0 Å². The molecule has 2 fully saturated rings. The van der Waals surface area contributed by atoms with E-state index in [9.17, 15) is 4.79 Å². The molecular formula is C28H40ClN3O3. The van der Waals surface area contributed by atoms with Crippen molar-refractivity contribution in [2.45, 2.75) is 52.5 Å². The van der Waals surface area contributed by atoms with Gasteiger partial charge in [-0.3, -0.25) is 9.69 Å². The summed E-state index contributed by atoms with van der Waals surface area (Å²) in [5.74, 6) is 3.12. The number of nitrogens with zero attached hydrogens (tertiary/aromatic N) is 3. The van der Waals surface area contributed by atoms with E-state index in [1.54, 1.807) is 0 Å². The van der Waals surface area contributed by atoms with Crippen LogP contribution in [0.3, 0.4) is 0 Å². The van der Waals surface area contributed by atoms with Gasteiger partial charge in [-0.15, -0.1) is 0 Å². The number of halogens is 1. The fraction of sp³-hybridized carbons (Fsp3) is 0.607. The number of hydrogen-bond donors (Lipinski definition) is 0. The molecule has 0 bridgehead atoms. The van der Waals surface area contributed by atoms with E-state index in [0.29, 0.717) is 13.0 Å². The third kappa shape index (κ3) is 7.02. The summed E-state index contributed by atoms with van der Waals surface area (Å²) < 4.78 is 12.4. The quantitative estimate of drug-likeness (QED) is 0.483. The molecule has 1 atom stereocenters. The number of piperazine rings is 1. The van der Waals surface area contributed by atoms with Crippen LogP contribution in [0.2, 0.25) is 5.02 Å². The smallest absolute Gasteiger partial charge is 0.223 e. The van der Waals surface area contributed by atoms with Crippen LogP contribution in [0.5, 0.6) is 5.75 Å². The lowest BCUT2D eigenvalue weighted by atomic mass is 9.77. The first-order valence-corrected chi connectivity index (χ1v) is 13.4. The van der Waals surface area contributed by atoms with Gasteiger partial charge in [-0.2, -0.15) is 0 Å². The lowest BCUT2D eigenvalue weighted by molar-refractivity contribution is -0.137. The summed E-state index contributed by atoms with van der Waals surface area (Å²) in [6.45, 7) is 10.8. The normalized spacial score (nSPS) is 21.9. The van der Waals surface area contributed by atoms with Gasteiger partial charge in [0, 0.05) is 56.0 Å². The van der Waals surface area contributed by atoms with E-state index in [-0.39, 0.29) is 11.3 Å². The Kier molecular flexibility index (Phi) is 8.79. The van der Waals surface area contributed by atoms with Gasteiger partial charge in [-0.05, 0) is 75.7 Å². The minimum Gasteiger partial charge on any atom is -0.493 e. The number of piperidine rings is 1. The fourth-order valence-electron chi connectivity index (χ4n) is 5.30. The lowest BCUT2D eigenvalue weighted by Gasteiger charge is -2.43. The van der Waals surface area contributed by atoms with E-state index in [4.69, 9.17) is 20.8 Å². The Labute approximate surface area is 215 Å². The van der Waals surface area contributed by atoms with Crippen LogP contribution < -0.4 is 4.74 Å². The van der Waals surface area contributed by atoms with Gasteiger partial charge in [-0.25, -0.2) is 0 Å². The molecule has 3 heterocycles. The van der Waals surface area contributed by atoms with Crippen molar-refractivity contribution < 1.29 is 13.9 Å². The standard InChI is InChI=1S/C28H40ClN3O3/c1-4-6-23-7-8-25(35-23)19-31-12-5-11-28(20-31,18-27(33)32-15-13-30(3)14-16-32)21-34-24-9-10-26(29)22(2)17-24/h7-10,17H,4-6,11-16,18-21H2,1-3H3/t28-/m1/s1. The molecule has 35 heavy (non-hydrogen) atoms. The number of likely N-dealkylation sites (tertiary alicyclic amines) is 1. The van der Waals surface area contributed by atoms with Crippen LogP contribution in [0.25, 0.3) is 0 Å². The summed E-state index contributed by atoms with van der Waals surface area (Å²) in [7, 11) is 2.12. The Bertz CT molecular complexity index is 986. The molecule has 192 valence electrons. The summed E-state index contributed by atoms with van der Waals surface area (Å²) in [6.07, 6.45) is 4.59. The molecule has 1 amide bonds. The first kappa shape index (κ1) is 26.1. The predicted octanol–water partition coefficient (Wildman–Crippen LogP) is 5.02. The number of benzene rings is 1. The van der Waals surface area contributed by atoms with E-state index in [1.165, 1.54) is 0 Å². The average Bonchev–Trinajstić information content (AvgIpc) is 3.27. The molecule has 4 rings (SSSR count). The Morgan fingerprint density at radius 2 is 1.89 bits per heavy atom. The molecule has 0 spiro atoms. The largest absolute Gasteiger partial charge is 0.493 e. The molecule has 0 N–H and O–H groups in total. The molecular weight excluding hydrogens is 462 g/mol. The highest BCUT2D eigenvalue weighted by Crippen LogP contribution is 2.36. The lowest BCUT2D eigenvalue weighted by Crippen LogP contribution is -2.52. The van der Waals surface area contributed by atoms with E-state index >= 15 is 0 Å². The van der Waals surface area contributed by atoms with Gasteiger partial charge in [0.05, 0.1) is 13.2 Å². The second-order valence-corrected chi connectivity index (χ2v) is 10.9. The van der Waals surface area contributed by atoms with Crippen LogP contribution in [-0.4, -0.2) is 73.5 Å². The number of likely N-dealkylation sites (N-methyl/N-ethyl adjacent to an activating group) is 1. The first-order valence-electron chi connectivity index (χ1n) is 13.0. The molecule has 1 aromatic carbocycles. The van der Waals surface area contributed by atoms with Gasteiger partial charge >= 0.3 is 0 Å². The van der Waals surface area contributed by atoms with Crippen LogP contribution in [-0.2, 0) is 17.8 Å². The Morgan fingerprint density at radius 1 is 1.11 bits per heavy atom. The van der Waals surface area contributed by atoms with Crippen LogP contribution in [0.15, 0.2) is 34.7 Å². The Morgan fingerprint density at radius 3 is 2.63 bits per heavy atom. The Balaban J connectivity index is 1.47. The highest BCUT2D eigenvalue weighted by molar-refractivity contribution is 6.31. The van der Waals surface area contributed by atoms with Gasteiger partial charge in [0.25, 0.3) is 0 Å². The van der Waals surface area contributed by atoms with Gasteiger partial charge in [0.1, 0.15) is 17.3 Å². The summed E-state index contributed by atoms with van der Waals surface area (Å²) in [4.78, 5) is 20.2. The molecule has 7 heteroatoms. The molecule has 0 radical (unpaired) electrons. The molecule has 2 saturated heterocycles. The van der Waals surface area contributed by atoms with E-state index in [2.05, 4.69) is 35.9 Å². The number of carbonyl (C=O) groups is 1. The van der Waals surface area contributed by atoms with Gasteiger partial charge in [-0.1, -0.05) is 18.5 Å². The maximum atomic E-state index is 13.4. The van der Waals surface area contributed by atoms with Crippen molar-refractivity contribution in [2.24, 2.45) is 5.41 Å². The second kappa shape index (κ2) is 11.8. The fourth-order valence-corrected chi connectivity index (χ4v) is 5.42. The minimum atomic E-state index is -0.231. The van der Waals surface area contributed by atoms with Crippen molar-refractivity contribution in [3.05, 3.63) is 52.4 Å². The van der Waals surface area contributed by atoms with Crippen LogP contribution in [0.1, 0.15) is 49.7 Å². The number of furan rings is 1. The van der Waals surface area contributed by atoms with Gasteiger partial charge in [0.2, 0.25) is 5.91 Å². The summed E-state index contributed by atoms with van der Waals surface area (Å²) >= 11 is 6.21. The maximum Gasteiger partial charge on any atom is 0.223 e. The summed E-state index contributed by atoms with van der Waals surface area (Å²) in [5.41, 5.74) is 0.767. The number of hydrogen-bond acceptors (Lipinski definition) is 5. The number of ether oxygens (including phenoxy) is 1. The van der Waals surface area contributed by atoms with Crippen molar-refractivity contribution in [3.8, 4) is 5.75 Å². The second-order valence-electron chi connectivity index (χ2n) is 10.5. The topological polar surface area (TPSA) is 49.2 Å². The van der Waals surface area contributed by atoms with Crippen molar-refractivity contribution in [1.29, 1.82) is 0 Å². The molecule has 2 aliphatic rings. The van der Waals surface area contributed by atoms with E-state index in [1.807, 2.05) is 30.0 Å².